The summed E-state index contributed by atoms with van der Waals surface area (Å²) >= 11 is 0. The van der Waals surface area contributed by atoms with Crippen LogP contribution in [-0.2, 0) is 0 Å². The van der Waals surface area contributed by atoms with E-state index < -0.39 is 0 Å². The predicted molar refractivity (Wildman–Crippen MR) is 116 cm³/mol. The molecule has 1 N–H and O–H groups in total. The predicted octanol–water partition coefficient (Wildman–Crippen LogP) is 2.98. The van der Waals surface area contributed by atoms with Gasteiger partial charge in [-0.2, -0.15) is 0 Å². The maximum atomic E-state index is 12.3. The zero-order chi connectivity index (χ0) is 19.9. The minimum absolute atomic E-state index is 0.0570. The van der Waals surface area contributed by atoms with Crippen LogP contribution in [0.15, 0.2) is 48.8 Å². The van der Waals surface area contributed by atoms with Gasteiger partial charge in [0.1, 0.15) is 0 Å². The van der Waals surface area contributed by atoms with Crippen molar-refractivity contribution >= 4 is 17.9 Å². The van der Waals surface area contributed by atoms with E-state index in [1.54, 1.807) is 12.4 Å². The molecule has 0 spiro atoms. The highest BCUT2D eigenvalue weighted by atomic mass is 16.1. The molecule has 1 aliphatic heterocycles. The Bertz CT molecular complexity index is 807. The first kappa shape index (κ1) is 19.6. The van der Waals surface area contributed by atoms with Crippen molar-refractivity contribution in [1.82, 2.24) is 20.2 Å². The molecule has 1 aliphatic carbocycles. The minimum atomic E-state index is -0.0570. The molecule has 2 aliphatic rings. The van der Waals surface area contributed by atoms with Gasteiger partial charge in [0.25, 0.3) is 5.91 Å². The summed E-state index contributed by atoms with van der Waals surface area (Å²) in [5, 5.41) is 3.09. The van der Waals surface area contributed by atoms with Crippen LogP contribution >= 0.6 is 0 Å². The number of amides is 1. The highest BCUT2D eigenvalue weighted by molar-refractivity contribution is 5.93. The lowest BCUT2D eigenvalue weighted by Crippen LogP contribution is -2.47. The molecule has 152 valence electrons. The average Bonchev–Trinajstić information content (AvgIpc) is 3.28. The molecule has 29 heavy (non-hydrogen) atoms. The van der Waals surface area contributed by atoms with Crippen molar-refractivity contribution in [3.8, 4) is 0 Å². The van der Waals surface area contributed by atoms with Gasteiger partial charge in [0.05, 0.1) is 5.56 Å². The van der Waals surface area contributed by atoms with Gasteiger partial charge in [-0.1, -0.05) is 55.3 Å². The van der Waals surface area contributed by atoms with Gasteiger partial charge in [-0.3, -0.25) is 9.69 Å². The zero-order valence-corrected chi connectivity index (χ0v) is 16.8. The normalized spacial score (nSPS) is 18.4. The largest absolute Gasteiger partial charge is 0.349 e. The summed E-state index contributed by atoms with van der Waals surface area (Å²) < 4.78 is 0. The van der Waals surface area contributed by atoms with E-state index in [1.165, 1.54) is 18.4 Å². The number of rotatable bonds is 6. The van der Waals surface area contributed by atoms with Crippen molar-refractivity contribution in [3.05, 3.63) is 59.9 Å². The molecule has 0 radical (unpaired) electrons. The second-order valence-electron chi connectivity index (χ2n) is 7.83. The van der Waals surface area contributed by atoms with E-state index in [9.17, 15) is 4.79 Å². The smallest absolute Gasteiger partial charge is 0.254 e. The fourth-order valence-electron chi connectivity index (χ4n) is 3.97. The molecule has 6 nitrogen and oxygen atoms in total. The van der Waals surface area contributed by atoms with Crippen LogP contribution in [0.3, 0.4) is 0 Å². The molecule has 1 aromatic heterocycles. The van der Waals surface area contributed by atoms with Crippen LogP contribution in [0.5, 0.6) is 0 Å². The molecule has 4 rings (SSSR count). The number of hydrogen-bond acceptors (Lipinski definition) is 5. The Balaban J connectivity index is 1.24. The fourth-order valence-corrected chi connectivity index (χ4v) is 3.97. The summed E-state index contributed by atoms with van der Waals surface area (Å²) in [5.41, 5.74) is 1.78. The first-order chi connectivity index (χ1) is 14.3. The molecule has 2 fully saturated rings. The second kappa shape index (κ2) is 9.65. The van der Waals surface area contributed by atoms with Gasteiger partial charge in [-0.25, -0.2) is 9.97 Å². The Hall–Kier alpha value is -2.73. The molecule has 1 amide bonds. The number of aromatic nitrogens is 2. The Morgan fingerprint density at radius 2 is 1.72 bits per heavy atom. The number of hydrogen-bond donors (Lipinski definition) is 1. The highest BCUT2D eigenvalue weighted by Crippen LogP contribution is 2.18. The Kier molecular flexibility index (Phi) is 6.52. The van der Waals surface area contributed by atoms with E-state index in [-0.39, 0.29) is 5.91 Å². The zero-order valence-electron chi connectivity index (χ0n) is 16.8. The summed E-state index contributed by atoms with van der Waals surface area (Å²) in [5.74, 6) is 0.653. The molecule has 0 bridgehead atoms. The molecule has 0 unspecified atom stereocenters. The lowest BCUT2D eigenvalue weighted by Gasteiger charge is -2.34. The van der Waals surface area contributed by atoms with Crippen LogP contribution in [0.4, 0.5) is 5.95 Å². The lowest BCUT2D eigenvalue weighted by atomic mass is 10.2. The van der Waals surface area contributed by atoms with Gasteiger partial charge >= 0.3 is 0 Å². The van der Waals surface area contributed by atoms with E-state index in [4.69, 9.17) is 0 Å². The summed E-state index contributed by atoms with van der Waals surface area (Å²) in [6.07, 6.45) is 12.3. The number of piperazine rings is 1. The maximum absolute atomic E-state index is 12.3. The molecule has 1 aromatic carbocycles. The molecule has 1 saturated heterocycles. The maximum Gasteiger partial charge on any atom is 0.254 e. The topological polar surface area (TPSA) is 61.4 Å². The first-order valence-corrected chi connectivity index (χ1v) is 10.6. The van der Waals surface area contributed by atoms with E-state index in [1.807, 2.05) is 6.07 Å². The monoisotopic (exact) mass is 391 g/mol. The van der Waals surface area contributed by atoms with E-state index >= 15 is 0 Å². The molecule has 1 saturated carbocycles. The van der Waals surface area contributed by atoms with Crippen molar-refractivity contribution in [2.24, 2.45) is 0 Å². The Morgan fingerprint density at radius 1 is 1.03 bits per heavy atom. The summed E-state index contributed by atoms with van der Waals surface area (Å²) in [6, 6.07) is 10.7. The number of carbonyl (C=O) groups excluding carboxylic acids is 1. The van der Waals surface area contributed by atoms with Gasteiger partial charge in [0, 0.05) is 51.2 Å². The molecule has 2 aromatic rings. The van der Waals surface area contributed by atoms with Crippen LogP contribution < -0.4 is 10.2 Å². The van der Waals surface area contributed by atoms with Gasteiger partial charge in [-0.05, 0) is 18.4 Å². The van der Waals surface area contributed by atoms with E-state index in [0.29, 0.717) is 17.6 Å². The SMILES string of the molecule is O=C(NC1CCCC1)c1cnc(N2CCN(C/C=C/c3ccccc3)CC2)nc1. The first-order valence-electron chi connectivity index (χ1n) is 10.6. The number of nitrogens with one attached hydrogen (secondary N) is 1. The Labute approximate surface area is 172 Å². The van der Waals surface area contributed by atoms with Gasteiger partial charge in [-0.15, -0.1) is 0 Å². The Morgan fingerprint density at radius 3 is 2.41 bits per heavy atom. The minimum Gasteiger partial charge on any atom is -0.349 e. The fraction of sp³-hybridized carbons (Fsp3) is 0.435. The van der Waals surface area contributed by atoms with Crippen LogP contribution in [-0.4, -0.2) is 59.5 Å². The molecule has 2 heterocycles. The van der Waals surface area contributed by atoms with Crippen molar-refractivity contribution in [2.75, 3.05) is 37.6 Å². The summed E-state index contributed by atoms with van der Waals surface area (Å²) in [6.45, 7) is 4.70. The van der Waals surface area contributed by atoms with Crippen molar-refractivity contribution in [2.45, 2.75) is 31.7 Å². The lowest BCUT2D eigenvalue weighted by molar-refractivity contribution is 0.0937. The molecule has 6 heteroatoms. The number of anilines is 1. The summed E-state index contributed by atoms with van der Waals surface area (Å²) in [7, 11) is 0. The standard InChI is InChI=1S/C23H29N5O/c29-22(26-21-10-4-5-11-21)20-17-24-23(25-18-20)28-15-13-27(14-16-28)12-6-9-19-7-2-1-3-8-19/h1-3,6-9,17-18,21H,4-5,10-16H2,(H,26,29)/b9-6+. The third-order valence-electron chi connectivity index (χ3n) is 5.72. The molecular formula is C23H29N5O. The summed E-state index contributed by atoms with van der Waals surface area (Å²) in [4.78, 5) is 25.8. The van der Waals surface area contributed by atoms with Gasteiger partial charge in [0.15, 0.2) is 0 Å². The quantitative estimate of drug-likeness (QED) is 0.820. The van der Waals surface area contributed by atoms with Crippen LogP contribution in [0.1, 0.15) is 41.6 Å². The van der Waals surface area contributed by atoms with Crippen LogP contribution in [0.25, 0.3) is 6.08 Å². The number of carbonyl (C=O) groups is 1. The van der Waals surface area contributed by atoms with Crippen molar-refractivity contribution in [3.63, 3.8) is 0 Å². The second-order valence-corrected chi connectivity index (χ2v) is 7.83. The van der Waals surface area contributed by atoms with E-state index in [0.717, 1.165) is 45.6 Å². The van der Waals surface area contributed by atoms with Gasteiger partial charge in [0.2, 0.25) is 5.95 Å². The average molecular weight is 392 g/mol. The van der Waals surface area contributed by atoms with Crippen molar-refractivity contribution in [1.29, 1.82) is 0 Å². The van der Waals surface area contributed by atoms with Gasteiger partial charge < -0.3 is 10.2 Å². The number of nitrogens with zero attached hydrogens (tertiary/aromatic N) is 4. The van der Waals surface area contributed by atoms with Crippen molar-refractivity contribution < 1.29 is 4.79 Å². The number of benzene rings is 1. The van der Waals surface area contributed by atoms with E-state index in [2.05, 4.69) is 61.5 Å². The third kappa shape index (κ3) is 5.41. The molecule has 0 atom stereocenters. The van der Waals surface area contributed by atoms with Crippen LogP contribution in [0.2, 0.25) is 0 Å². The molecular weight excluding hydrogens is 362 g/mol. The van der Waals surface area contributed by atoms with Crippen LogP contribution in [0, 0.1) is 0 Å². The third-order valence-corrected chi connectivity index (χ3v) is 5.72. The highest BCUT2D eigenvalue weighted by Gasteiger charge is 2.20.